The molecular formula is C96H117F6N12O18V3-3. The van der Waals surface area contributed by atoms with Crippen LogP contribution in [0.25, 0.3) is 33.1 Å². The van der Waals surface area contributed by atoms with E-state index >= 15 is 26.3 Å². The maximum Gasteiger partial charge on any atom is 0.408 e. The van der Waals surface area contributed by atoms with Gasteiger partial charge in [0.25, 0.3) is 17.8 Å². The summed E-state index contributed by atoms with van der Waals surface area (Å²) >= 11 is 0. The van der Waals surface area contributed by atoms with Crippen LogP contribution in [0.3, 0.4) is 0 Å². The van der Waals surface area contributed by atoms with Crippen LogP contribution in [0.4, 0.5) is 40.7 Å². The van der Waals surface area contributed by atoms with Crippen molar-refractivity contribution in [1.82, 2.24) is 60.6 Å². The number of amides is 6. The first-order valence-corrected chi connectivity index (χ1v) is 46.0. The second-order valence-corrected chi connectivity index (χ2v) is 41.6. The first-order valence-electron chi connectivity index (χ1n) is 46.0. The second kappa shape index (κ2) is 39.4. The number of carbonyl (C=O) groups is 6. The number of aromatic nitrogens is 6. The van der Waals surface area contributed by atoms with Crippen LogP contribution in [0.2, 0.25) is 0 Å². The van der Waals surface area contributed by atoms with Crippen molar-refractivity contribution in [3.63, 3.8) is 0 Å². The molecule has 135 heavy (non-hydrogen) atoms. The van der Waals surface area contributed by atoms with Crippen molar-refractivity contribution in [3.05, 3.63) is 71.7 Å². The normalized spacial score (nSPS) is 33.4. The molecule has 24 atom stereocenters. The summed E-state index contributed by atoms with van der Waals surface area (Å²) in [5.74, 6) is -16.8. The minimum absolute atomic E-state index is 0. The van der Waals surface area contributed by atoms with Crippen molar-refractivity contribution in [1.29, 1.82) is 0 Å². The van der Waals surface area contributed by atoms with Gasteiger partial charge in [-0.3, -0.25) is 14.4 Å². The topological polar surface area (TPSA) is 360 Å². The Bertz CT molecular complexity index is 5490. The summed E-state index contributed by atoms with van der Waals surface area (Å²) in [6.45, 7) is 23.3. The van der Waals surface area contributed by atoms with E-state index in [1.54, 1.807) is 75.4 Å². The smallest absolute Gasteiger partial charge is 0.408 e. The number of benzene rings is 3. The molecule has 30 nitrogen and oxygen atoms in total. The molecule has 18 rings (SSSR count). The number of nitrogens with zero attached hydrogens (tertiary/aromatic N) is 9. The summed E-state index contributed by atoms with van der Waals surface area (Å²) in [7, 11) is 4.55. The predicted molar refractivity (Wildman–Crippen MR) is 466 cm³/mol. The molecule has 3 aromatic heterocycles. The van der Waals surface area contributed by atoms with Crippen molar-refractivity contribution in [2.45, 2.75) is 288 Å². The molecule has 12 aliphatic rings. The molecule has 3 saturated heterocycles. The zero-order valence-corrected chi connectivity index (χ0v) is 82.7. The van der Waals surface area contributed by atoms with Gasteiger partial charge < -0.3 is 87.7 Å². The van der Waals surface area contributed by atoms with Gasteiger partial charge in [0.15, 0.2) is 0 Å². The van der Waals surface area contributed by atoms with E-state index in [4.69, 9.17) is 42.6 Å². The standard InChI is InChI=1S/C33H41F2N4O6.C32H39F2N4O6.C31H37F2N4O6.3V/c1-17-23(16-40)39-15-25(17)44-29-27(36-21-13-12-19(43-5)14-22(21)37-29)26-20(33(26,34)35)10-6-8-18-9-7-11-24(18)45-31(42)38-28(30(39)41)32(2,3)4;1-16-22(15-39)38-14-23(16)43-27-25(35-20-11-10-18(42-6)12-21(20)36-27)24-19(32(24,33)34)9-7-8-17-13-31(17,5)44-29(41)37-26(28(38)40)30(2,3)4;1-15-21(14-38)37-13-23(15)42-27-25(34-19-10-9-17(41-5)12-20(19)35-27)24-18(31(24,32)33)8-6-7-16-11-22(16)43-29(40)36-26(28(37)39)30(2,3)4;;;/h12-14,17-18,20,23-26,28H,6-11,15H2,1-5H3,(H,38,42);10-12,16-17,19,22-24,26H,7-9,13-14H2,1-6H3,(H,37,41);9-10,12,15-16,18,21-24,26H,6-8,11,13H2,1-5H3,(H,36,40);;;/q3*-1;;;/t17-,18+,20?,23+,24+,25-,26?,28+;16-,17+,19?,22+,23-,24?,26+,31+;15-,16+,18?,21+,22+,23-,24?,26+;;;/m000.../s1. The maximum absolute atomic E-state index is 15.5. The van der Waals surface area contributed by atoms with Crippen LogP contribution in [-0.2, 0) is 98.6 Å². The van der Waals surface area contributed by atoms with Crippen LogP contribution in [0.5, 0.6) is 34.9 Å². The van der Waals surface area contributed by atoms with Crippen molar-refractivity contribution < 1.29 is 168 Å². The SMILES string of the molecule is COc1ccc2nc3c(nc2c1)O[C@H]1CN(C(=O)[C@H](C(C)(C)C)NC(=O)O[C@@H]2CCC[C@H]2CCCC2C3C2(F)F)[C@H]([C-]=O)[C@@H]1C.COc1ccc2nc3c(nc2c1)O[C@H]1CN(C(=O)[C@H](C(C)(C)C)NC(=O)O[C@@H]2C[C@H]2CCCC2C3C2(F)F)[C@H]([C-]=O)[C@@H]1C.COc1ccc2nc3c(nc2c1)O[C@H]1CN(C(=O)[C@H](C(C)(C)C)NC(=O)O[C@]2(C)C[C@H]2CCCC2C3C2(F)F)[C@H]([C-]=O)[C@@H]1C.[V].[V].[V]. The quantitative estimate of drug-likeness (QED) is 0.0792. The Morgan fingerprint density at radius 3 is 1.04 bits per heavy atom. The molecule has 6 unspecified atom stereocenters. The number of halogens is 6. The number of nitrogens with one attached hydrogen (secondary N) is 3. The van der Waals surface area contributed by atoms with E-state index in [1.807, 2.05) is 88.1 Å². The molecule has 39 heteroatoms. The van der Waals surface area contributed by atoms with Crippen LogP contribution < -0.4 is 44.4 Å². The van der Waals surface area contributed by atoms with Gasteiger partial charge in [-0.25, -0.2) is 89.5 Å². The first-order chi connectivity index (χ1) is 62.3. The van der Waals surface area contributed by atoms with Crippen LogP contribution in [0.15, 0.2) is 54.6 Å². The molecule has 6 bridgehead atoms. The molecule has 9 heterocycles. The van der Waals surface area contributed by atoms with E-state index in [0.29, 0.717) is 108 Å². The zero-order valence-electron chi connectivity index (χ0n) is 78.5. The molecule has 3 aromatic carbocycles. The predicted octanol–water partition coefficient (Wildman–Crippen LogP) is 14.4. The zero-order chi connectivity index (χ0) is 94.9. The van der Waals surface area contributed by atoms with Gasteiger partial charge in [0, 0.05) is 97.5 Å². The molecule has 6 amide bonds. The summed E-state index contributed by atoms with van der Waals surface area (Å²) in [5.41, 5.74) is -0.125. The van der Waals surface area contributed by atoms with Gasteiger partial charge in [0.2, 0.25) is 35.4 Å². The van der Waals surface area contributed by atoms with E-state index in [2.05, 4.69) is 45.9 Å². The summed E-state index contributed by atoms with van der Waals surface area (Å²) in [4.78, 5) is 150. The number of methoxy groups -OCH3 is 3. The molecule has 9 fully saturated rings. The minimum Gasteiger partial charge on any atom is -0.540 e. The molecular weight excluding hydrogens is 1880 g/mol. The van der Waals surface area contributed by atoms with E-state index in [0.717, 1.165) is 12.8 Å². The van der Waals surface area contributed by atoms with Crippen LogP contribution in [-0.4, -0.2) is 231 Å². The average Bonchev–Trinajstić information content (AvgIpc) is 1.56. The number of hydrogen-bond donors (Lipinski definition) is 3. The van der Waals surface area contributed by atoms with Crippen LogP contribution in [0, 0.1) is 69.5 Å². The number of ether oxygens (including phenoxy) is 9. The van der Waals surface area contributed by atoms with Gasteiger partial charge in [0.1, 0.15) is 88.6 Å². The van der Waals surface area contributed by atoms with Crippen molar-refractivity contribution in [3.8, 4) is 34.9 Å². The van der Waals surface area contributed by atoms with E-state index < -0.39 is 183 Å². The number of carbonyl (C=O) groups excluding carboxylic acids is 9. The first kappa shape index (κ1) is 103. The van der Waals surface area contributed by atoms with Crippen LogP contribution in [0.1, 0.15) is 215 Å². The molecule has 6 aromatic rings. The molecule has 6 aliphatic heterocycles. The minimum atomic E-state index is -3.00. The monoisotopic (exact) mass is 1990 g/mol. The third-order valence-corrected chi connectivity index (χ3v) is 29.5. The van der Waals surface area contributed by atoms with E-state index in [9.17, 15) is 43.2 Å². The van der Waals surface area contributed by atoms with Gasteiger partial charge >= 0.3 is 18.3 Å². The molecule has 0 spiro atoms. The summed E-state index contributed by atoms with van der Waals surface area (Å²) < 4.78 is 145. The number of rotatable bonds is 6. The molecule has 729 valence electrons. The number of hydrogen-bond acceptors (Lipinski definition) is 24. The fourth-order valence-electron chi connectivity index (χ4n) is 20.9. The van der Waals surface area contributed by atoms with Crippen molar-refractivity contribution >= 4 is 88.0 Å². The third kappa shape index (κ3) is 20.8. The molecule has 6 aliphatic carbocycles. The Hall–Kier alpha value is -8.96. The third-order valence-electron chi connectivity index (χ3n) is 29.5. The van der Waals surface area contributed by atoms with E-state index in [-0.39, 0.29) is 159 Å². The number of alkyl carbamates (subject to hydrolysis) is 3. The Labute approximate surface area is 816 Å². The van der Waals surface area contributed by atoms with E-state index in [1.165, 1.54) is 36.0 Å². The summed E-state index contributed by atoms with van der Waals surface area (Å²) in [6, 6.07) is 9.12. The number of fused-ring (bicyclic) bond motifs is 21. The van der Waals surface area contributed by atoms with Gasteiger partial charge in [-0.15, -0.1) is 0 Å². The summed E-state index contributed by atoms with van der Waals surface area (Å²) in [5, 5.41) is 8.26. The second-order valence-electron chi connectivity index (χ2n) is 41.6. The Kier molecular flexibility index (Phi) is 30.2. The van der Waals surface area contributed by atoms with Crippen molar-refractivity contribution in [2.24, 2.45) is 69.5 Å². The average molecular weight is 1990 g/mol. The van der Waals surface area contributed by atoms with Gasteiger partial charge in [-0.05, 0) is 160 Å². The fourth-order valence-corrected chi connectivity index (χ4v) is 20.9. The Morgan fingerprint density at radius 1 is 0.400 bits per heavy atom. The summed E-state index contributed by atoms with van der Waals surface area (Å²) in [6.07, 6.45) is 8.82. The van der Waals surface area contributed by atoms with Crippen molar-refractivity contribution in [2.75, 3.05) is 41.0 Å². The van der Waals surface area contributed by atoms with Gasteiger partial charge in [-0.2, -0.15) is 0 Å². The van der Waals surface area contributed by atoms with Crippen LogP contribution >= 0.6 is 0 Å². The Balaban J connectivity index is 0.000000170. The molecule has 3 radical (unpaired) electrons. The molecule has 6 saturated carbocycles. The molecule has 3 N–H and O–H groups in total. The maximum atomic E-state index is 15.5. The number of alkyl halides is 6. The van der Waals surface area contributed by atoms with Gasteiger partial charge in [0.05, 0.1) is 91.8 Å². The fraction of sp³-hybridized carbons (Fsp3) is 0.656. The van der Waals surface area contributed by atoms with Gasteiger partial charge in [-0.1, -0.05) is 120 Å². The Morgan fingerprint density at radius 2 is 0.711 bits per heavy atom. The largest absolute Gasteiger partial charge is 0.540 e.